The van der Waals surface area contributed by atoms with E-state index in [2.05, 4.69) is 15.5 Å². The van der Waals surface area contributed by atoms with Crippen molar-refractivity contribution in [2.45, 2.75) is 12.1 Å². The molecule has 170 valence electrons. The lowest BCUT2D eigenvalue weighted by atomic mass is 10.1. The number of fused-ring (bicyclic) bond motifs is 1. The Morgan fingerprint density at radius 1 is 1.12 bits per heavy atom. The highest BCUT2D eigenvalue weighted by molar-refractivity contribution is 7.99. The van der Waals surface area contributed by atoms with E-state index in [9.17, 15) is 14.4 Å². The molecule has 3 aromatic rings. The Hall–Kier alpha value is -3.57. The van der Waals surface area contributed by atoms with Crippen LogP contribution in [0.5, 0.6) is 11.5 Å². The predicted octanol–water partition coefficient (Wildman–Crippen LogP) is 3.60. The van der Waals surface area contributed by atoms with Gasteiger partial charge in [-0.1, -0.05) is 23.4 Å². The molecule has 0 saturated carbocycles. The fourth-order valence-corrected chi connectivity index (χ4v) is 3.50. The van der Waals surface area contributed by atoms with E-state index in [0.717, 1.165) is 11.8 Å². The molecule has 1 N–H and O–H groups in total. The molecular weight excluding hydrogens is 474 g/mol. The lowest BCUT2D eigenvalue weighted by molar-refractivity contribution is -0.144. The van der Waals surface area contributed by atoms with E-state index in [-0.39, 0.29) is 40.7 Å². The Bertz CT molecular complexity index is 1210. The van der Waals surface area contributed by atoms with Gasteiger partial charge in [0.05, 0.1) is 5.69 Å². The maximum absolute atomic E-state index is 12.2. The predicted molar refractivity (Wildman–Crippen MR) is 118 cm³/mol. The number of aromatic nitrogens is 2. The molecule has 10 nitrogen and oxygen atoms in total. The van der Waals surface area contributed by atoms with Crippen LogP contribution in [0.1, 0.15) is 17.3 Å². The van der Waals surface area contributed by atoms with E-state index in [1.165, 1.54) is 19.1 Å². The third kappa shape index (κ3) is 5.62. The number of carbonyl (C=O) groups excluding carboxylic acids is 3. The van der Waals surface area contributed by atoms with Crippen molar-refractivity contribution >= 4 is 46.7 Å². The van der Waals surface area contributed by atoms with E-state index in [1.54, 1.807) is 24.3 Å². The van der Waals surface area contributed by atoms with E-state index in [1.807, 2.05) is 0 Å². The topological polar surface area (TPSA) is 130 Å². The number of esters is 1. The molecule has 1 amide bonds. The standard InChI is InChI=1S/C21H16ClN3O7S/c1-11(26)14-6-16-17(31-10-30-16)7-15(14)23-18(27)8-29-19(28)9-33-21-25-24-20(32-21)12-2-4-13(22)5-3-12/h2-7H,8-10H2,1H3,(H,23,27). The fraction of sp³-hybridized carbons (Fsp3) is 0.190. The molecule has 2 aromatic carbocycles. The van der Waals surface area contributed by atoms with Gasteiger partial charge >= 0.3 is 5.97 Å². The van der Waals surface area contributed by atoms with Gasteiger partial charge in [0.25, 0.3) is 11.1 Å². The summed E-state index contributed by atoms with van der Waals surface area (Å²) >= 11 is 6.83. The van der Waals surface area contributed by atoms with Gasteiger partial charge in [-0.25, -0.2) is 0 Å². The average Bonchev–Trinajstić information content (AvgIpc) is 3.45. The summed E-state index contributed by atoms with van der Waals surface area (Å²) in [6.45, 7) is 0.853. The Labute approximate surface area is 196 Å². The smallest absolute Gasteiger partial charge is 0.316 e. The maximum Gasteiger partial charge on any atom is 0.316 e. The zero-order chi connectivity index (χ0) is 23.4. The van der Waals surface area contributed by atoms with Crippen LogP contribution in [0.25, 0.3) is 11.5 Å². The lowest BCUT2D eigenvalue weighted by Gasteiger charge is -2.10. The van der Waals surface area contributed by atoms with Crippen molar-refractivity contribution in [1.29, 1.82) is 0 Å². The minimum Gasteiger partial charge on any atom is -0.455 e. The monoisotopic (exact) mass is 489 g/mol. The molecule has 0 spiro atoms. The number of amides is 1. The zero-order valence-electron chi connectivity index (χ0n) is 17.1. The van der Waals surface area contributed by atoms with Crippen molar-refractivity contribution in [3.05, 3.63) is 47.0 Å². The van der Waals surface area contributed by atoms with Gasteiger partial charge in [-0.05, 0) is 37.3 Å². The number of thioether (sulfide) groups is 1. The van der Waals surface area contributed by atoms with Crippen molar-refractivity contribution in [2.75, 3.05) is 24.5 Å². The summed E-state index contributed by atoms with van der Waals surface area (Å²) in [5.41, 5.74) is 1.18. The molecule has 1 aromatic heterocycles. The molecule has 12 heteroatoms. The summed E-state index contributed by atoms with van der Waals surface area (Å²) in [6, 6.07) is 9.83. The third-order valence-corrected chi connectivity index (χ3v) is 5.39. The van der Waals surface area contributed by atoms with Crippen molar-refractivity contribution in [3.8, 4) is 23.0 Å². The number of nitrogens with zero attached hydrogens (tertiary/aromatic N) is 2. The molecule has 2 heterocycles. The van der Waals surface area contributed by atoms with Crippen LogP contribution in [0.3, 0.4) is 0 Å². The Kier molecular flexibility index (Phi) is 6.80. The van der Waals surface area contributed by atoms with Crippen molar-refractivity contribution in [2.24, 2.45) is 0 Å². The van der Waals surface area contributed by atoms with E-state index in [4.69, 9.17) is 30.2 Å². The Morgan fingerprint density at radius 2 is 1.85 bits per heavy atom. The number of ether oxygens (including phenoxy) is 3. The minimum atomic E-state index is -0.654. The average molecular weight is 490 g/mol. The number of halogens is 1. The molecule has 0 aliphatic carbocycles. The van der Waals surface area contributed by atoms with Crippen LogP contribution in [0.15, 0.2) is 46.0 Å². The summed E-state index contributed by atoms with van der Waals surface area (Å²) in [4.78, 5) is 36.1. The van der Waals surface area contributed by atoms with Crippen molar-refractivity contribution in [3.63, 3.8) is 0 Å². The maximum atomic E-state index is 12.2. The first-order valence-corrected chi connectivity index (χ1v) is 10.9. The molecule has 0 atom stereocenters. The van der Waals surface area contributed by atoms with Gasteiger partial charge in [-0.3, -0.25) is 14.4 Å². The van der Waals surface area contributed by atoms with Crippen LogP contribution < -0.4 is 14.8 Å². The van der Waals surface area contributed by atoms with E-state index >= 15 is 0 Å². The lowest BCUT2D eigenvalue weighted by Crippen LogP contribution is -2.22. The molecule has 0 fully saturated rings. The molecule has 0 radical (unpaired) electrons. The van der Waals surface area contributed by atoms with Gasteiger partial charge in [-0.15, -0.1) is 10.2 Å². The van der Waals surface area contributed by atoms with Crippen LogP contribution >= 0.6 is 23.4 Å². The number of rotatable bonds is 8. The quantitative estimate of drug-likeness (QED) is 0.284. The summed E-state index contributed by atoms with van der Waals surface area (Å²) in [5.74, 6) is -0.570. The van der Waals surface area contributed by atoms with Crippen molar-refractivity contribution < 1.29 is 33.0 Å². The van der Waals surface area contributed by atoms with Gasteiger partial charge < -0.3 is 23.9 Å². The second kappa shape index (κ2) is 9.92. The van der Waals surface area contributed by atoms with Gasteiger partial charge in [-0.2, -0.15) is 0 Å². The van der Waals surface area contributed by atoms with Gasteiger partial charge in [0, 0.05) is 22.2 Å². The molecule has 33 heavy (non-hydrogen) atoms. The Morgan fingerprint density at radius 3 is 2.58 bits per heavy atom. The zero-order valence-corrected chi connectivity index (χ0v) is 18.7. The van der Waals surface area contributed by atoms with Crippen LogP contribution in [0, 0.1) is 0 Å². The minimum absolute atomic E-state index is 0.0284. The summed E-state index contributed by atoms with van der Waals surface area (Å²) < 4.78 is 21.0. The van der Waals surface area contributed by atoms with Crippen LogP contribution in [-0.2, 0) is 14.3 Å². The first-order valence-electron chi connectivity index (χ1n) is 9.51. The normalized spacial score (nSPS) is 11.8. The molecular formula is C21H16ClN3O7S. The highest BCUT2D eigenvalue weighted by Crippen LogP contribution is 2.37. The number of hydrogen-bond acceptors (Lipinski definition) is 10. The molecule has 1 aliphatic heterocycles. The number of carbonyl (C=O) groups is 3. The SMILES string of the molecule is CC(=O)c1cc2c(cc1NC(=O)COC(=O)CSc1nnc(-c3ccc(Cl)cc3)o1)OCO2. The number of hydrogen-bond donors (Lipinski definition) is 1. The number of Topliss-reactive ketones (excluding diaryl/α,β-unsaturated/α-hetero) is 1. The van der Waals surface area contributed by atoms with Gasteiger partial charge in [0.1, 0.15) is 5.75 Å². The van der Waals surface area contributed by atoms with Crippen LogP contribution in [-0.4, -0.2) is 47.0 Å². The number of benzene rings is 2. The Balaban J connectivity index is 1.27. The number of ketones is 1. The van der Waals surface area contributed by atoms with E-state index in [0.29, 0.717) is 22.1 Å². The largest absolute Gasteiger partial charge is 0.455 e. The van der Waals surface area contributed by atoms with Gasteiger partial charge in [0.2, 0.25) is 12.7 Å². The van der Waals surface area contributed by atoms with Crippen LogP contribution in [0.2, 0.25) is 5.02 Å². The molecule has 0 saturated heterocycles. The summed E-state index contributed by atoms with van der Waals surface area (Å²) in [6.07, 6.45) is 0. The second-order valence-electron chi connectivity index (χ2n) is 6.68. The molecule has 0 unspecified atom stereocenters. The molecule has 4 rings (SSSR count). The number of anilines is 1. The fourth-order valence-electron chi connectivity index (χ4n) is 2.81. The molecule has 0 bridgehead atoms. The number of nitrogens with one attached hydrogen (secondary N) is 1. The molecule has 1 aliphatic rings. The summed E-state index contributed by atoms with van der Waals surface area (Å²) in [5, 5.41) is 11.1. The van der Waals surface area contributed by atoms with Crippen LogP contribution in [0.4, 0.5) is 5.69 Å². The third-order valence-electron chi connectivity index (χ3n) is 4.34. The first-order chi connectivity index (χ1) is 15.9. The van der Waals surface area contributed by atoms with Crippen molar-refractivity contribution in [1.82, 2.24) is 10.2 Å². The highest BCUT2D eigenvalue weighted by atomic mass is 35.5. The summed E-state index contributed by atoms with van der Waals surface area (Å²) in [7, 11) is 0. The first kappa shape index (κ1) is 22.6. The van der Waals surface area contributed by atoms with E-state index < -0.39 is 18.5 Å². The highest BCUT2D eigenvalue weighted by Gasteiger charge is 2.21. The van der Waals surface area contributed by atoms with Gasteiger partial charge in [0.15, 0.2) is 23.9 Å². The second-order valence-corrected chi connectivity index (χ2v) is 8.05.